The van der Waals surface area contributed by atoms with Crippen molar-refractivity contribution in [1.29, 1.82) is 0 Å². The van der Waals surface area contributed by atoms with Crippen LogP contribution >= 0.6 is 0 Å². The molecule has 0 aromatic carbocycles. The van der Waals surface area contributed by atoms with E-state index in [0.717, 1.165) is 0 Å². The maximum Gasteiger partial charge on any atom is 0.307 e. The molecule has 2 atom stereocenters. The summed E-state index contributed by atoms with van der Waals surface area (Å²) in [4.78, 5) is 9.85. The molecule has 0 aliphatic carbocycles. The predicted octanol–water partition coefficient (Wildman–Crippen LogP) is 0.700. The Bertz CT molecular complexity index is 307. The van der Waals surface area contributed by atoms with E-state index in [2.05, 4.69) is 5.10 Å². The van der Waals surface area contributed by atoms with Crippen molar-refractivity contribution >= 4 is 5.69 Å². The SMILES string of the molecule is CC(N)C(C)n1cc([N+](=O)[O-])cn1. The Hall–Kier alpha value is -1.43. The molecule has 2 N–H and O–H groups in total. The second kappa shape index (κ2) is 3.53. The van der Waals surface area contributed by atoms with Gasteiger partial charge in [-0.05, 0) is 13.8 Å². The monoisotopic (exact) mass is 184 g/mol. The van der Waals surface area contributed by atoms with Crippen LogP contribution in [-0.4, -0.2) is 20.7 Å². The van der Waals surface area contributed by atoms with Gasteiger partial charge in [0.2, 0.25) is 0 Å². The molecule has 72 valence electrons. The maximum atomic E-state index is 10.3. The molecule has 0 saturated heterocycles. The molecule has 0 fully saturated rings. The second-order valence-corrected chi connectivity index (χ2v) is 3.04. The highest BCUT2D eigenvalue weighted by atomic mass is 16.6. The summed E-state index contributed by atoms with van der Waals surface area (Å²) in [6, 6.07) is -0.117. The lowest BCUT2D eigenvalue weighted by Crippen LogP contribution is -2.27. The number of hydrogen-bond acceptors (Lipinski definition) is 4. The maximum absolute atomic E-state index is 10.3. The van der Waals surface area contributed by atoms with Crippen molar-refractivity contribution in [2.75, 3.05) is 0 Å². The predicted molar refractivity (Wildman–Crippen MR) is 47.2 cm³/mol. The normalized spacial score (nSPS) is 15.3. The van der Waals surface area contributed by atoms with Gasteiger partial charge in [0.05, 0.1) is 11.0 Å². The van der Waals surface area contributed by atoms with E-state index < -0.39 is 4.92 Å². The van der Waals surface area contributed by atoms with Crippen LogP contribution in [-0.2, 0) is 0 Å². The van der Waals surface area contributed by atoms with E-state index in [1.807, 2.05) is 13.8 Å². The van der Waals surface area contributed by atoms with E-state index >= 15 is 0 Å². The smallest absolute Gasteiger partial charge is 0.307 e. The molecule has 6 nitrogen and oxygen atoms in total. The van der Waals surface area contributed by atoms with Crippen molar-refractivity contribution < 1.29 is 4.92 Å². The molecule has 1 aromatic heterocycles. The van der Waals surface area contributed by atoms with Crippen LogP contribution in [0.4, 0.5) is 5.69 Å². The lowest BCUT2D eigenvalue weighted by molar-refractivity contribution is -0.385. The first kappa shape index (κ1) is 9.66. The third kappa shape index (κ3) is 2.03. The number of aromatic nitrogens is 2. The van der Waals surface area contributed by atoms with Crippen molar-refractivity contribution in [3.8, 4) is 0 Å². The van der Waals surface area contributed by atoms with Crippen molar-refractivity contribution in [2.45, 2.75) is 25.9 Å². The average molecular weight is 184 g/mol. The molecule has 13 heavy (non-hydrogen) atoms. The molecule has 2 unspecified atom stereocenters. The van der Waals surface area contributed by atoms with E-state index in [1.165, 1.54) is 17.1 Å². The molecular formula is C7H12N4O2. The van der Waals surface area contributed by atoms with Crippen molar-refractivity contribution in [2.24, 2.45) is 5.73 Å². The molecule has 6 heteroatoms. The molecule has 0 amide bonds. The van der Waals surface area contributed by atoms with Crippen LogP contribution in [0.5, 0.6) is 0 Å². The Morgan fingerprint density at radius 1 is 1.69 bits per heavy atom. The lowest BCUT2D eigenvalue weighted by Gasteiger charge is -2.14. The Morgan fingerprint density at radius 3 is 2.69 bits per heavy atom. The zero-order valence-electron chi connectivity index (χ0n) is 7.54. The third-order valence-electron chi connectivity index (χ3n) is 1.98. The van der Waals surface area contributed by atoms with Gasteiger partial charge in [0.15, 0.2) is 0 Å². The first-order valence-electron chi connectivity index (χ1n) is 3.96. The van der Waals surface area contributed by atoms with Gasteiger partial charge in [-0.1, -0.05) is 0 Å². The minimum absolute atomic E-state index is 0.00694. The molecule has 1 rings (SSSR count). The Labute approximate surface area is 75.5 Å². The molecule has 0 radical (unpaired) electrons. The van der Waals surface area contributed by atoms with Gasteiger partial charge in [-0.3, -0.25) is 14.8 Å². The van der Waals surface area contributed by atoms with Gasteiger partial charge in [-0.15, -0.1) is 0 Å². The fraction of sp³-hybridized carbons (Fsp3) is 0.571. The van der Waals surface area contributed by atoms with E-state index in [1.54, 1.807) is 0 Å². The minimum atomic E-state index is -0.475. The van der Waals surface area contributed by atoms with Gasteiger partial charge >= 0.3 is 5.69 Å². The highest BCUT2D eigenvalue weighted by molar-refractivity contribution is 5.21. The number of rotatable bonds is 3. The van der Waals surface area contributed by atoms with Crippen LogP contribution in [0.2, 0.25) is 0 Å². The Morgan fingerprint density at radius 2 is 2.31 bits per heavy atom. The molecule has 0 saturated carbocycles. The quantitative estimate of drug-likeness (QED) is 0.553. The van der Waals surface area contributed by atoms with E-state index in [-0.39, 0.29) is 17.8 Å². The van der Waals surface area contributed by atoms with E-state index in [4.69, 9.17) is 5.73 Å². The van der Waals surface area contributed by atoms with E-state index in [9.17, 15) is 10.1 Å². The summed E-state index contributed by atoms with van der Waals surface area (Å²) < 4.78 is 1.50. The Kier molecular flexibility index (Phi) is 2.62. The van der Waals surface area contributed by atoms with Crippen molar-refractivity contribution in [3.05, 3.63) is 22.5 Å². The zero-order valence-corrected chi connectivity index (χ0v) is 7.54. The first-order valence-corrected chi connectivity index (χ1v) is 3.96. The summed E-state index contributed by atoms with van der Waals surface area (Å²) in [6.07, 6.45) is 2.60. The standard InChI is InChI=1S/C7H12N4O2/c1-5(8)6(2)10-4-7(3-9-10)11(12)13/h3-6H,8H2,1-2H3. The summed E-state index contributed by atoms with van der Waals surface area (Å²) in [7, 11) is 0. The van der Waals surface area contributed by atoms with Crippen LogP contribution in [0.25, 0.3) is 0 Å². The number of nitrogens with zero attached hydrogens (tertiary/aromatic N) is 3. The first-order chi connectivity index (χ1) is 6.02. The number of hydrogen-bond donors (Lipinski definition) is 1. The molecule has 1 heterocycles. The summed E-state index contributed by atoms with van der Waals surface area (Å²) in [5.74, 6) is 0. The zero-order chi connectivity index (χ0) is 10.0. The van der Waals surface area contributed by atoms with Crippen LogP contribution in [0.1, 0.15) is 19.9 Å². The van der Waals surface area contributed by atoms with Crippen LogP contribution in [0.15, 0.2) is 12.4 Å². The van der Waals surface area contributed by atoms with Gasteiger partial charge in [-0.2, -0.15) is 5.10 Å². The van der Waals surface area contributed by atoms with Gasteiger partial charge in [-0.25, -0.2) is 0 Å². The average Bonchev–Trinajstić information content (AvgIpc) is 2.50. The highest BCUT2D eigenvalue weighted by Gasteiger charge is 2.15. The molecule has 0 aliphatic heterocycles. The van der Waals surface area contributed by atoms with Crippen molar-refractivity contribution in [3.63, 3.8) is 0 Å². The van der Waals surface area contributed by atoms with E-state index in [0.29, 0.717) is 0 Å². The molecule has 0 spiro atoms. The fourth-order valence-corrected chi connectivity index (χ4v) is 0.886. The van der Waals surface area contributed by atoms with Crippen LogP contribution in [0.3, 0.4) is 0 Å². The topological polar surface area (TPSA) is 87.0 Å². The minimum Gasteiger partial charge on any atom is -0.326 e. The number of nitro groups is 1. The third-order valence-corrected chi connectivity index (χ3v) is 1.98. The largest absolute Gasteiger partial charge is 0.326 e. The molecule has 0 aliphatic rings. The molecule has 1 aromatic rings. The highest BCUT2D eigenvalue weighted by Crippen LogP contribution is 2.13. The van der Waals surface area contributed by atoms with Gasteiger partial charge in [0, 0.05) is 6.04 Å². The lowest BCUT2D eigenvalue weighted by atomic mass is 10.2. The van der Waals surface area contributed by atoms with Gasteiger partial charge < -0.3 is 5.73 Å². The van der Waals surface area contributed by atoms with Crippen LogP contribution < -0.4 is 5.73 Å². The van der Waals surface area contributed by atoms with Crippen molar-refractivity contribution in [1.82, 2.24) is 9.78 Å². The van der Waals surface area contributed by atoms with Gasteiger partial charge in [0.25, 0.3) is 0 Å². The number of nitrogens with two attached hydrogens (primary N) is 1. The summed E-state index contributed by atoms with van der Waals surface area (Å²) in [6.45, 7) is 3.69. The summed E-state index contributed by atoms with van der Waals surface area (Å²) >= 11 is 0. The Balaban J connectivity index is 2.85. The summed E-state index contributed by atoms with van der Waals surface area (Å²) in [5, 5.41) is 14.2. The van der Waals surface area contributed by atoms with Crippen LogP contribution in [0, 0.1) is 10.1 Å². The summed E-state index contributed by atoms with van der Waals surface area (Å²) in [5.41, 5.74) is 5.62. The van der Waals surface area contributed by atoms with Gasteiger partial charge in [0.1, 0.15) is 12.4 Å². The second-order valence-electron chi connectivity index (χ2n) is 3.04. The fourth-order valence-electron chi connectivity index (χ4n) is 0.886. The molecular weight excluding hydrogens is 172 g/mol. The molecule has 0 bridgehead atoms.